The third-order valence-electron chi connectivity index (χ3n) is 4.41. The largest absolute Gasteiger partial charge is 0.481 e. The summed E-state index contributed by atoms with van der Waals surface area (Å²) in [7, 11) is 0. The summed E-state index contributed by atoms with van der Waals surface area (Å²) in [6.07, 6.45) is 1.09. The van der Waals surface area contributed by atoms with Gasteiger partial charge in [-0.3, -0.25) is 9.59 Å². The van der Waals surface area contributed by atoms with Crippen LogP contribution >= 0.6 is 0 Å². The fraction of sp³-hybridized carbons (Fsp3) is 0.364. The van der Waals surface area contributed by atoms with Crippen LogP contribution in [-0.4, -0.2) is 42.5 Å². The second-order valence-electron chi connectivity index (χ2n) is 6.36. The first-order valence-electron chi connectivity index (χ1n) is 9.55. The number of nitrogens with zero attached hydrogens (tertiary/aromatic N) is 1. The summed E-state index contributed by atoms with van der Waals surface area (Å²) in [4.78, 5) is 26.8. The summed E-state index contributed by atoms with van der Waals surface area (Å²) in [6.45, 7) is 4.23. The molecular formula is C22H27FN2O3. The Morgan fingerprint density at radius 2 is 1.75 bits per heavy atom. The smallest absolute Gasteiger partial charge is 0.261 e. The maximum absolute atomic E-state index is 13.7. The highest BCUT2D eigenvalue weighted by molar-refractivity contribution is 5.88. The van der Waals surface area contributed by atoms with E-state index in [9.17, 15) is 14.0 Å². The Morgan fingerprint density at radius 1 is 1.07 bits per heavy atom. The number of halogens is 1. The summed E-state index contributed by atoms with van der Waals surface area (Å²) in [5, 5.41) is 2.78. The lowest BCUT2D eigenvalue weighted by atomic mass is 10.1. The Kier molecular flexibility index (Phi) is 8.46. The van der Waals surface area contributed by atoms with Crippen molar-refractivity contribution in [1.82, 2.24) is 10.2 Å². The van der Waals surface area contributed by atoms with E-state index in [2.05, 4.69) is 5.32 Å². The minimum Gasteiger partial charge on any atom is -0.481 e. The highest BCUT2D eigenvalue weighted by Crippen LogP contribution is 2.16. The second kappa shape index (κ2) is 11.1. The highest BCUT2D eigenvalue weighted by Gasteiger charge is 2.28. The number of para-hydroxylation sites is 1. The summed E-state index contributed by atoms with van der Waals surface area (Å²) in [5.41, 5.74) is 1.07. The van der Waals surface area contributed by atoms with Gasteiger partial charge < -0.3 is 15.0 Å². The van der Waals surface area contributed by atoms with Gasteiger partial charge in [-0.15, -0.1) is 0 Å². The first-order valence-corrected chi connectivity index (χ1v) is 9.55. The molecule has 0 radical (unpaired) electrons. The van der Waals surface area contributed by atoms with Crippen molar-refractivity contribution >= 4 is 11.8 Å². The normalized spacial score (nSPS) is 11.5. The van der Waals surface area contributed by atoms with E-state index in [1.165, 1.54) is 17.0 Å². The second-order valence-corrected chi connectivity index (χ2v) is 6.36. The molecule has 0 fully saturated rings. The number of likely N-dealkylation sites (N-methyl/N-ethyl adjacent to an activating group) is 1. The molecule has 2 amide bonds. The molecule has 0 saturated heterocycles. The predicted octanol–water partition coefficient (Wildman–Crippen LogP) is 3.19. The molecule has 5 nitrogen and oxygen atoms in total. The van der Waals surface area contributed by atoms with E-state index in [0.717, 1.165) is 5.56 Å². The van der Waals surface area contributed by atoms with Gasteiger partial charge in [0.15, 0.2) is 18.2 Å². The molecule has 2 aromatic rings. The van der Waals surface area contributed by atoms with Crippen molar-refractivity contribution in [1.29, 1.82) is 0 Å². The van der Waals surface area contributed by atoms with Gasteiger partial charge in [0, 0.05) is 13.1 Å². The number of carbonyl (C=O) groups is 2. The van der Waals surface area contributed by atoms with Gasteiger partial charge in [0.05, 0.1) is 0 Å². The van der Waals surface area contributed by atoms with Crippen LogP contribution in [0.4, 0.5) is 4.39 Å². The molecule has 28 heavy (non-hydrogen) atoms. The van der Waals surface area contributed by atoms with Crippen LogP contribution in [0.25, 0.3) is 0 Å². The van der Waals surface area contributed by atoms with Gasteiger partial charge >= 0.3 is 0 Å². The number of ether oxygens (including phenoxy) is 1. The highest BCUT2D eigenvalue weighted by atomic mass is 19.1. The molecule has 0 spiro atoms. The molecule has 1 atom stereocenters. The van der Waals surface area contributed by atoms with E-state index in [4.69, 9.17) is 4.74 Å². The number of nitrogens with one attached hydrogen (secondary N) is 1. The van der Waals surface area contributed by atoms with E-state index in [1.807, 2.05) is 44.2 Å². The lowest BCUT2D eigenvalue weighted by Gasteiger charge is -2.30. The van der Waals surface area contributed by atoms with E-state index in [-0.39, 0.29) is 24.2 Å². The Labute approximate surface area is 165 Å². The zero-order chi connectivity index (χ0) is 20.4. The molecule has 0 bridgehead atoms. The minimum atomic E-state index is -0.597. The Balaban J connectivity index is 2.11. The fourth-order valence-electron chi connectivity index (χ4n) is 2.97. The van der Waals surface area contributed by atoms with Crippen molar-refractivity contribution in [3.8, 4) is 5.75 Å². The molecule has 0 aliphatic heterocycles. The SMILES string of the molecule is CCNC(=O)[C@@H](CC)N(CCc1ccccc1)C(=O)COc1ccccc1F. The third kappa shape index (κ3) is 6.08. The predicted molar refractivity (Wildman–Crippen MR) is 107 cm³/mol. The first kappa shape index (κ1) is 21.4. The van der Waals surface area contributed by atoms with Gasteiger partial charge in [-0.2, -0.15) is 0 Å². The van der Waals surface area contributed by atoms with E-state index in [1.54, 1.807) is 12.1 Å². The number of hydrogen-bond donors (Lipinski definition) is 1. The summed E-state index contributed by atoms with van der Waals surface area (Å²) in [5.74, 6) is -1.05. The molecule has 2 rings (SSSR count). The van der Waals surface area contributed by atoms with E-state index < -0.39 is 11.9 Å². The van der Waals surface area contributed by atoms with Crippen LogP contribution in [0.3, 0.4) is 0 Å². The topological polar surface area (TPSA) is 58.6 Å². The van der Waals surface area contributed by atoms with Crippen LogP contribution < -0.4 is 10.1 Å². The molecule has 2 aromatic carbocycles. The summed E-state index contributed by atoms with van der Waals surface area (Å²) in [6, 6.07) is 15.1. The monoisotopic (exact) mass is 386 g/mol. The van der Waals surface area contributed by atoms with Crippen molar-refractivity contribution in [2.45, 2.75) is 32.7 Å². The van der Waals surface area contributed by atoms with Gasteiger partial charge in [-0.1, -0.05) is 49.4 Å². The van der Waals surface area contributed by atoms with Crippen LogP contribution in [-0.2, 0) is 16.0 Å². The summed E-state index contributed by atoms with van der Waals surface area (Å²) >= 11 is 0. The quantitative estimate of drug-likeness (QED) is 0.682. The number of amides is 2. The molecule has 1 N–H and O–H groups in total. The van der Waals surface area contributed by atoms with Gasteiger partial charge in [0.2, 0.25) is 5.91 Å². The van der Waals surface area contributed by atoms with Crippen LogP contribution in [0.15, 0.2) is 54.6 Å². The minimum absolute atomic E-state index is 0.0184. The standard InChI is InChI=1S/C22H27FN2O3/c1-3-19(22(27)24-4-2)25(15-14-17-10-6-5-7-11-17)21(26)16-28-20-13-9-8-12-18(20)23/h5-13,19H,3-4,14-16H2,1-2H3,(H,24,27)/t19-/m1/s1. The molecule has 0 aliphatic rings. The molecule has 0 aromatic heterocycles. The number of rotatable bonds is 10. The Hall–Kier alpha value is -2.89. The molecule has 0 aliphatic carbocycles. The lowest BCUT2D eigenvalue weighted by molar-refractivity contribution is -0.142. The molecule has 150 valence electrons. The maximum Gasteiger partial charge on any atom is 0.261 e. The number of carbonyl (C=O) groups excluding carboxylic acids is 2. The van der Waals surface area contributed by atoms with Crippen molar-refractivity contribution in [3.63, 3.8) is 0 Å². The maximum atomic E-state index is 13.7. The van der Waals surface area contributed by atoms with E-state index in [0.29, 0.717) is 25.9 Å². The molecule has 0 saturated carbocycles. The van der Waals surface area contributed by atoms with Crippen LogP contribution in [0, 0.1) is 5.82 Å². The molecular weight excluding hydrogens is 359 g/mol. The van der Waals surface area contributed by atoms with Crippen molar-refractivity contribution in [2.75, 3.05) is 19.7 Å². The fourth-order valence-corrected chi connectivity index (χ4v) is 2.97. The van der Waals surface area contributed by atoms with Crippen molar-refractivity contribution < 1.29 is 18.7 Å². The van der Waals surface area contributed by atoms with Crippen molar-refractivity contribution in [2.24, 2.45) is 0 Å². The zero-order valence-electron chi connectivity index (χ0n) is 16.4. The third-order valence-corrected chi connectivity index (χ3v) is 4.41. The Bertz CT molecular complexity index is 767. The Morgan fingerprint density at radius 3 is 2.39 bits per heavy atom. The number of hydrogen-bond acceptors (Lipinski definition) is 3. The van der Waals surface area contributed by atoms with Gasteiger partial charge in [-0.25, -0.2) is 4.39 Å². The van der Waals surface area contributed by atoms with Crippen LogP contribution in [0.2, 0.25) is 0 Å². The average molecular weight is 386 g/mol. The first-order chi connectivity index (χ1) is 13.6. The van der Waals surface area contributed by atoms with Crippen molar-refractivity contribution in [3.05, 3.63) is 66.0 Å². The van der Waals surface area contributed by atoms with Crippen LogP contribution in [0.5, 0.6) is 5.75 Å². The van der Waals surface area contributed by atoms with Gasteiger partial charge in [0.25, 0.3) is 5.91 Å². The molecule has 6 heteroatoms. The van der Waals surface area contributed by atoms with Crippen LogP contribution in [0.1, 0.15) is 25.8 Å². The lowest BCUT2D eigenvalue weighted by Crippen LogP contribution is -2.51. The number of benzene rings is 2. The molecule has 0 unspecified atom stereocenters. The van der Waals surface area contributed by atoms with Gasteiger partial charge in [0.1, 0.15) is 6.04 Å². The summed E-state index contributed by atoms with van der Waals surface area (Å²) < 4.78 is 19.1. The zero-order valence-corrected chi connectivity index (χ0v) is 16.4. The van der Waals surface area contributed by atoms with E-state index >= 15 is 0 Å². The average Bonchev–Trinajstić information content (AvgIpc) is 2.71. The molecule has 0 heterocycles. The van der Waals surface area contributed by atoms with Gasteiger partial charge in [-0.05, 0) is 37.5 Å².